The number of hydrogen-bond acceptors (Lipinski definition) is 3. The lowest BCUT2D eigenvalue weighted by atomic mass is 10.0. The smallest absolute Gasteiger partial charge is 0.339 e. The minimum Gasteiger partial charge on any atom is -1.00 e. The maximum atomic E-state index is 12.1. The van der Waals surface area contributed by atoms with Gasteiger partial charge in [0.1, 0.15) is 12.3 Å². The van der Waals surface area contributed by atoms with E-state index in [1.807, 2.05) is 6.07 Å². The van der Waals surface area contributed by atoms with Crippen molar-refractivity contribution in [1.29, 1.82) is 0 Å². The van der Waals surface area contributed by atoms with Crippen molar-refractivity contribution in [2.24, 2.45) is 0 Å². The van der Waals surface area contributed by atoms with Gasteiger partial charge >= 0.3 is 5.63 Å². The molecule has 2 aliphatic carbocycles. The van der Waals surface area contributed by atoms with E-state index >= 15 is 0 Å². The Morgan fingerprint density at radius 3 is 2.76 bits per heavy atom. The van der Waals surface area contributed by atoms with Crippen LogP contribution in [0.3, 0.4) is 0 Å². The van der Waals surface area contributed by atoms with Crippen LogP contribution in [0.2, 0.25) is 0 Å². The Bertz CT molecular complexity index is 749. The molecule has 2 aromatic rings. The molecule has 1 heterocycles. The number of quaternary nitrogens is 1. The summed E-state index contributed by atoms with van der Waals surface area (Å²) in [6, 6.07) is 4.29. The highest BCUT2D eigenvalue weighted by Gasteiger charge is 2.27. The van der Waals surface area contributed by atoms with E-state index in [4.69, 9.17) is 4.42 Å². The first kappa shape index (κ1) is 14.4. The van der Waals surface area contributed by atoms with Crippen LogP contribution in [0.1, 0.15) is 36.0 Å². The van der Waals surface area contributed by atoms with Crippen LogP contribution in [0, 0.1) is 0 Å². The Morgan fingerprint density at radius 2 is 2.00 bits per heavy atom. The van der Waals surface area contributed by atoms with Crippen LogP contribution in [0.15, 0.2) is 21.3 Å². The van der Waals surface area contributed by atoms with Crippen LogP contribution in [-0.2, 0) is 19.4 Å². The molecule has 3 N–H and O–H groups in total. The van der Waals surface area contributed by atoms with Crippen molar-refractivity contribution in [3.05, 3.63) is 39.2 Å². The number of phenolic OH excluding ortho intramolecular Hbond substituents is 1. The molecule has 0 amide bonds. The van der Waals surface area contributed by atoms with Crippen molar-refractivity contribution < 1.29 is 27.2 Å². The molecule has 0 atom stereocenters. The molecule has 2 aliphatic rings. The van der Waals surface area contributed by atoms with E-state index in [1.165, 1.54) is 12.8 Å². The summed E-state index contributed by atoms with van der Waals surface area (Å²) < 4.78 is 5.53. The third-order valence-corrected chi connectivity index (χ3v) is 4.50. The molecule has 1 fully saturated rings. The van der Waals surface area contributed by atoms with Crippen molar-refractivity contribution in [3.63, 3.8) is 0 Å². The molecule has 4 nitrogen and oxygen atoms in total. The number of fused-ring (bicyclic) bond motifs is 3. The van der Waals surface area contributed by atoms with Gasteiger partial charge in [0.15, 0.2) is 5.58 Å². The van der Waals surface area contributed by atoms with Crippen molar-refractivity contribution in [1.82, 2.24) is 0 Å². The number of aryl methyl sites for hydroxylation is 1. The normalized spacial score (nSPS) is 16.8. The molecule has 112 valence electrons. The molecule has 4 rings (SSSR count). The largest absolute Gasteiger partial charge is 1.00 e. The van der Waals surface area contributed by atoms with E-state index < -0.39 is 0 Å². The summed E-state index contributed by atoms with van der Waals surface area (Å²) in [5.74, 6) is 0.232. The first-order chi connectivity index (χ1) is 9.74. The summed E-state index contributed by atoms with van der Waals surface area (Å²) >= 11 is 0. The van der Waals surface area contributed by atoms with Gasteiger partial charge < -0.3 is 27.2 Å². The summed E-state index contributed by atoms with van der Waals surface area (Å²) in [6.45, 7) is 0.676. The molecule has 21 heavy (non-hydrogen) atoms. The van der Waals surface area contributed by atoms with E-state index in [1.54, 1.807) is 6.07 Å². The lowest BCUT2D eigenvalue weighted by Gasteiger charge is -2.09. The predicted molar refractivity (Wildman–Crippen MR) is 74.8 cm³/mol. The van der Waals surface area contributed by atoms with E-state index in [-0.39, 0.29) is 23.8 Å². The van der Waals surface area contributed by atoms with Gasteiger partial charge in [-0.25, -0.2) is 4.79 Å². The summed E-state index contributed by atoms with van der Waals surface area (Å²) in [6.07, 6.45) is 5.26. The highest BCUT2D eigenvalue weighted by molar-refractivity contribution is 5.86. The van der Waals surface area contributed by atoms with Crippen molar-refractivity contribution in [2.45, 2.75) is 44.7 Å². The van der Waals surface area contributed by atoms with Gasteiger partial charge in [-0.15, -0.1) is 0 Å². The molecule has 0 saturated heterocycles. The third-order valence-electron chi connectivity index (χ3n) is 4.50. The van der Waals surface area contributed by atoms with E-state index in [2.05, 4.69) is 5.32 Å². The highest BCUT2D eigenvalue weighted by Crippen LogP contribution is 2.32. The van der Waals surface area contributed by atoms with Crippen LogP contribution in [-0.4, -0.2) is 11.1 Å². The van der Waals surface area contributed by atoms with Gasteiger partial charge in [-0.05, 0) is 37.0 Å². The van der Waals surface area contributed by atoms with Crippen molar-refractivity contribution in [3.8, 4) is 5.75 Å². The first-order valence-corrected chi connectivity index (χ1v) is 7.37. The summed E-state index contributed by atoms with van der Waals surface area (Å²) in [5.41, 5.74) is 3.10. The van der Waals surface area contributed by atoms with Crippen LogP contribution >= 0.6 is 0 Å². The molecule has 5 heteroatoms. The molecule has 0 spiro atoms. The van der Waals surface area contributed by atoms with Gasteiger partial charge in [0.05, 0.1) is 11.6 Å². The third kappa shape index (κ3) is 2.43. The van der Waals surface area contributed by atoms with Crippen molar-refractivity contribution >= 4 is 11.0 Å². The number of nitrogens with two attached hydrogens (primary N) is 1. The maximum Gasteiger partial charge on any atom is 0.339 e. The number of halogens is 1. The average molecular weight is 308 g/mol. The van der Waals surface area contributed by atoms with Crippen LogP contribution < -0.4 is 23.3 Å². The second kappa shape index (κ2) is 5.35. The second-order valence-electron chi connectivity index (χ2n) is 5.92. The number of hydrogen-bond donors (Lipinski definition) is 2. The van der Waals surface area contributed by atoms with E-state index in [9.17, 15) is 9.90 Å². The molecule has 0 radical (unpaired) electrons. The quantitative estimate of drug-likeness (QED) is 0.659. The van der Waals surface area contributed by atoms with E-state index in [0.717, 1.165) is 41.3 Å². The summed E-state index contributed by atoms with van der Waals surface area (Å²) in [5, 5.41) is 13.3. The highest BCUT2D eigenvalue weighted by atomic mass is 35.5. The van der Waals surface area contributed by atoms with Crippen LogP contribution in [0.5, 0.6) is 5.75 Å². The monoisotopic (exact) mass is 307 g/mol. The number of rotatable bonds is 3. The fourth-order valence-electron chi connectivity index (χ4n) is 3.21. The van der Waals surface area contributed by atoms with Crippen molar-refractivity contribution in [2.75, 3.05) is 0 Å². The fraction of sp³-hybridized carbons (Fsp3) is 0.438. The lowest BCUT2D eigenvalue weighted by molar-refractivity contribution is -0.683. The molecule has 1 aromatic carbocycles. The molecule has 1 aromatic heterocycles. The standard InChI is InChI=1S/C16H17NO3.ClH/c18-14-7-6-11-10-2-1-3-12(10)16(19)20-15(11)13(14)8-17-9-4-5-9;/h6-7,9,17-18H,1-5,8H2;1H. The number of benzene rings is 1. The summed E-state index contributed by atoms with van der Waals surface area (Å²) in [4.78, 5) is 12.1. The Labute approximate surface area is 128 Å². The van der Waals surface area contributed by atoms with Gasteiger partial charge in [-0.1, -0.05) is 0 Å². The predicted octanol–water partition coefficient (Wildman–Crippen LogP) is -1.78. The minimum atomic E-state index is -0.219. The average Bonchev–Trinajstić information content (AvgIpc) is 3.12. The van der Waals surface area contributed by atoms with Gasteiger partial charge in [0, 0.05) is 23.8 Å². The van der Waals surface area contributed by atoms with Crippen LogP contribution in [0.4, 0.5) is 0 Å². The molecular weight excluding hydrogens is 290 g/mol. The second-order valence-corrected chi connectivity index (χ2v) is 5.92. The van der Waals surface area contributed by atoms with E-state index in [0.29, 0.717) is 18.2 Å². The molecular formula is C16H18ClNO3. The number of aromatic hydroxyl groups is 1. The Balaban J connectivity index is 0.00000132. The molecule has 0 aliphatic heterocycles. The molecule has 0 unspecified atom stereocenters. The lowest BCUT2D eigenvalue weighted by Crippen LogP contribution is -3.00. The molecule has 1 saturated carbocycles. The zero-order chi connectivity index (χ0) is 13.7. The van der Waals surface area contributed by atoms with Crippen LogP contribution in [0.25, 0.3) is 11.0 Å². The summed E-state index contributed by atoms with van der Waals surface area (Å²) in [7, 11) is 0. The topological polar surface area (TPSA) is 67.0 Å². The Hall–Kier alpha value is -1.52. The van der Waals surface area contributed by atoms with Gasteiger partial charge in [-0.3, -0.25) is 0 Å². The Morgan fingerprint density at radius 1 is 1.24 bits per heavy atom. The minimum absolute atomic E-state index is 0. The Kier molecular flexibility index (Phi) is 3.68. The fourth-order valence-corrected chi connectivity index (χ4v) is 3.21. The SMILES string of the molecule is O=c1oc2c(C[NH2+]C3CC3)c(O)ccc2c2c1CCC2.[Cl-]. The van der Waals surface area contributed by atoms with Gasteiger partial charge in [0.25, 0.3) is 0 Å². The number of phenols is 1. The van der Waals surface area contributed by atoms with Gasteiger partial charge in [-0.2, -0.15) is 0 Å². The zero-order valence-corrected chi connectivity index (χ0v) is 12.4. The zero-order valence-electron chi connectivity index (χ0n) is 11.7. The first-order valence-electron chi connectivity index (χ1n) is 7.37. The van der Waals surface area contributed by atoms with Gasteiger partial charge in [0.2, 0.25) is 0 Å². The maximum absolute atomic E-state index is 12.1. The molecule has 0 bridgehead atoms.